The first-order valence-corrected chi connectivity index (χ1v) is 3.54. The molecule has 0 aromatic rings. The number of alkyl halides is 1. The zero-order valence-electron chi connectivity index (χ0n) is 5.80. The number of halogens is 1. The van der Waals surface area contributed by atoms with Crippen LogP contribution in [0.1, 0.15) is 20.3 Å². The van der Waals surface area contributed by atoms with Crippen LogP contribution in [0.15, 0.2) is 0 Å². The van der Waals surface area contributed by atoms with Crippen LogP contribution in [0.25, 0.3) is 0 Å². The van der Waals surface area contributed by atoms with E-state index in [9.17, 15) is 0 Å². The first-order valence-electron chi connectivity index (χ1n) is 3.10. The fourth-order valence-electron chi connectivity index (χ4n) is 0.362. The van der Waals surface area contributed by atoms with Crippen LogP contribution in [0.5, 0.6) is 0 Å². The SMILES string of the molecule is CCC(C)COC(O)Cl. The molecule has 9 heavy (non-hydrogen) atoms. The van der Waals surface area contributed by atoms with Gasteiger partial charge in [0, 0.05) is 0 Å². The molecule has 0 aliphatic carbocycles. The summed E-state index contributed by atoms with van der Waals surface area (Å²) in [6.07, 6.45) is 1.05. The van der Waals surface area contributed by atoms with E-state index in [2.05, 4.69) is 6.92 Å². The molecule has 0 saturated heterocycles. The summed E-state index contributed by atoms with van der Waals surface area (Å²) in [6, 6.07) is 0. The molecule has 0 rings (SSSR count). The quantitative estimate of drug-likeness (QED) is 0.490. The third-order valence-corrected chi connectivity index (χ3v) is 1.34. The number of aliphatic hydroxyl groups is 1. The number of hydrogen-bond donors (Lipinski definition) is 1. The first kappa shape index (κ1) is 9.21. The van der Waals surface area contributed by atoms with Gasteiger partial charge in [-0.1, -0.05) is 31.9 Å². The zero-order valence-corrected chi connectivity index (χ0v) is 6.56. The van der Waals surface area contributed by atoms with Gasteiger partial charge >= 0.3 is 0 Å². The smallest absolute Gasteiger partial charge is 0.234 e. The van der Waals surface area contributed by atoms with E-state index >= 15 is 0 Å². The highest BCUT2D eigenvalue weighted by molar-refractivity contribution is 6.18. The number of hydrogen-bond acceptors (Lipinski definition) is 2. The molecule has 0 radical (unpaired) electrons. The van der Waals surface area contributed by atoms with E-state index in [1.54, 1.807) is 0 Å². The van der Waals surface area contributed by atoms with Crippen molar-refractivity contribution in [2.75, 3.05) is 6.61 Å². The number of aliphatic hydroxyl groups excluding tert-OH is 1. The van der Waals surface area contributed by atoms with Gasteiger partial charge in [-0.2, -0.15) is 0 Å². The highest BCUT2D eigenvalue weighted by Gasteiger charge is 2.01. The van der Waals surface area contributed by atoms with Crippen molar-refractivity contribution >= 4 is 11.6 Å². The van der Waals surface area contributed by atoms with Crippen molar-refractivity contribution in [3.8, 4) is 0 Å². The van der Waals surface area contributed by atoms with Gasteiger partial charge in [-0.15, -0.1) is 0 Å². The highest BCUT2D eigenvalue weighted by Crippen LogP contribution is 2.03. The van der Waals surface area contributed by atoms with Crippen LogP contribution in [-0.2, 0) is 4.74 Å². The maximum atomic E-state index is 8.44. The molecule has 1 N–H and O–H groups in total. The van der Waals surface area contributed by atoms with Gasteiger partial charge in [0.25, 0.3) is 0 Å². The van der Waals surface area contributed by atoms with Crippen molar-refractivity contribution in [1.82, 2.24) is 0 Å². The Hall–Kier alpha value is 0.210. The highest BCUT2D eigenvalue weighted by atomic mass is 35.5. The average molecular weight is 153 g/mol. The molecule has 2 unspecified atom stereocenters. The second kappa shape index (κ2) is 5.03. The largest absolute Gasteiger partial charge is 0.356 e. The second-order valence-electron chi connectivity index (χ2n) is 2.14. The van der Waals surface area contributed by atoms with E-state index < -0.39 is 5.75 Å². The molecule has 0 aromatic heterocycles. The molecule has 0 aromatic carbocycles. The minimum Gasteiger partial charge on any atom is -0.356 e. The van der Waals surface area contributed by atoms with E-state index in [1.807, 2.05) is 6.92 Å². The van der Waals surface area contributed by atoms with E-state index in [4.69, 9.17) is 21.4 Å². The molecule has 0 heterocycles. The Balaban J connectivity index is 3.06. The summed E-state index contributed by atoms with van der Waals surface area (Å²) in [5.41, 5.74) is 0. The van der Waals surface area contributed by atoms with E-state index in [0.29, 0.717) is 12.5 Å². The van der Waals surface area contributed by atoms with Gasteiger partial charge < -0.3 is 9.84 Å². The Bertz CT molecular complexity index is 66.1. The van der Waals surface area contributed by atoms with Crippen LogP contribution >= 0.6 is 11.6 Å². The van der Waals surface area contributed by atoms with Crippen molar-refractivity contribution in [2.45, 2.75) is 26.0 Å². The molecule has 0 amide bonds. The maximum Gasteiger partial charge on any atom is 0.234 e. The predicted molar refractivity (Wildman–Crippen MR) is 37.3 cm³/mol. The molecule has 56 valence electrons. The number of ether oxygens (including phenoxy) is 1. The Morgan fingerprint density at radius 1 is 1.67 bits per heavy atom. The third-order valence-electron chi connectivity index (χ3n) is 1.22. The van der Waals surface area contributed by atoms with Gasteiger partial charge in [0.2, 0.25) is 5.75 Å². The summed E-state index contributed by atoms with van der Waals surface area (Å²) in [6.45, 7) is 4.63. The molecule has 0 spiro atoms. The Morgan fingerprint density at radius 2 is 2.22 bits per heavy atom. The van der Waals surface area contributed by atoms with Crippen LogP contribution in [0.3, 0.4) is 0 Å². The summed E-state index contributed by atoms with van der Waals surface area (Å²) in [4.78, 5) is 0. The van der Waals surface area contributed by atoms with E-state index in [1.165, 1.54) is 0 Å². The van der Waals surface area contributed by atoms with E-state index in [0.717, 1.165) is 6.42 Å². The molecular formula is C6H13ClO2. The summed E-state index contributed by atoms with van der Waals surface area (Å²) in [7, 11) is 0. The van der Waals surface area contributed by atoms with Gasteiger partial charge in [0.1, 0.15) is 0 Å². The fraction of sp³-hybridized carbons (Fsp3) is 1.00. The lowest BCUT2D eigenvalue weighted by atomic mass is 10.1. The lowest BCUT2D eigenvalue weighted by Crippen LogP contribution is -2.10. The maximum absolute atomic E-state index is 8.44. The van der Waals surface area contributed by atoms with Gasteiger partial charge in [0.05, 0.1) is 6.61 Å². The van der Waals surface area contributed by atoms with Crippen molar-refractivity contribution < 1.29 is 9.84 Å². The van der Waals surface area contributed by atoms with Crippen molar-refractivity contribution in [2.24, 2.45) is 5.92 Å². The summed E-state index contributed by atoms with van der Waals surface area (Å²) < 4.78 is 4.72. The third kappa shape index (κ3) is 6.09. The fourth-order valence-corrected chi connectivity index (χ4v) is 0.434. The predicted octanol–water partition coefficient (Wildman–Crippen LogP) is 1.56. The normalized spacial score (nSPS) is 17.3. The Labute approximate surface area is 60.8 Å². The summed E-state index contributed by atoms with van der Waals surface area (Å²) in [5, 5.41) is 8.44. The standard InChI is InChI=1S/C6H13ClO2/c1-3-5(2)4-9-6(7)8/h5-6,8H,3-4H2,1-2H3. The number of rotatable bonds is 4. The first-order chi connectivity index (χ1) is 4.16. The van der Waals surface area contributed by atoms with Crippen LogP contribution in [0.2, 0.25) is 0 Å². The monoisotopic (exact) mass is 152 g/mol. The Morgan fingerprint density at radius 3 is 2.56 bits per heavy atom. The average Bonchev–Trinajstić information content (AvgIpc) is 1.83. The zero-order chi connectivity index (χ0) is 7.28. The summed E-state index contributed by atoms with van der Waals surface area (Å²) in [5.74, 6) is -0.669. The minimum absolute atomic E-state index is 0.471. The molecule has 0 saturated carbocycles. The summed E-state index contributed by atoms with van der Waals surface area (Å²) >= 11 is 5.11. The van der Waals surface area contributed by atoms with Crippen molar-refractivity contribution in [3.63, 3.8) is 0 Å². The van der Waals surface area contributed by atoms with Crippen LogP contribution in [-0.4, -0.2) is 17.5 Å². The van der Waals surface area contributed by atoms with Crippen molar-refractivity contribution in [3.05, 3.63) is 0 Å². The van der Waals surface area contributed by atoms with Gasteiger partial charge in [-0.25, -0.2) is 0 Å². The lowest BCUT2D eigenvalue weighted by molar-refractivity contribution is -0.0505. The van der Waals surface area contributed by atoms with Crippen molar-refractivity contribution in [1.29, 1.82) is 0 Å². The van der Waals surface area contributed by atoms with Crippen LogP contribution in [0.4, 0.5) is 0 Å². The topological polar surface area (TPSA) is 29.5 Å². The molecule has 0 bridgehead atoms. The second-order valence-corrected chi connectivity index (χ2v) is 2.51. The molecule has 0 aliphatic rings. The molecule has 2 nitrogen and oxygen atoms in total. The van der Waals surface area contributed by atoms with Gasteiger partial charge in [0.15, 0.2) is 0 Å². The molecular weight excluding hydrogens is 140 g/mol. The van der Waals surface area contributed by atoms with Gasteiger partial charge in [-0.3, -0.25) is 0 Å². The minimum atomic E-state index is -1.14. The van der Waals surface area contributed by atoms with E-state index in [-0.39, 0.29) is 0 Å². The Kier molecular flexibility index (Phi) is 5.15. The van der Waals surface area contributed by atoms with Crippen LogP contribution < -0.4 is 0 Å². The molecule has 2 atom stereocenters. The lowest BCUT2D eigenvalue weighted by Gasteiger charge is -2.09. The molecule has 0 aliphatic heterocycles. The van der Waals surface area contributed by atoms with Crippen LogP contribution in [0, 0.1) is 5.92 Å². The molecule has 3 heteroatoms. The molecule has 0 fully saturated rings. The van der Waals surface area contributed by atoms with Gasteiger partial charge in [-0.05, 0) is 5.92 Å².